The van der Waals surface area contributed by atoms with Crippen molar-refractivity contribution >= 4 is 22.3 Å². The summed E-state index contributed by atoms with van der Waals surface area (Å²) in [5.41, 5.74) is 4.86. The summed E-state index contributed by atoms with van der Waals surface area (Å²) in [5, 5.41) is 14.0. The Morgan fingerprint density at radius 3 is 2.44 bits per heavy atom. The van der Waals surface area contributed by atoms with E-state index in [1.54, 1.807) is 6.20 Å². The van der Waals surface area contributed by atoms with Gasteiger partial charge in [0.2, 0.25) is 0 Å². The molecule has 3 saturated heterocycles. The van der Waals surface area contributed by atoms with Gasteiger partial charge in [-0.3, -0.25) is 14.9 Å². The molecule has 6 rings (SSSR count). The van der Waals surface area contributed by atoms with Gasteiger partial charge in [-0.05, 0) is 50.2 Å². The van der Waals surface area contributed by atoms with Crippen LogP contribution in [0.15, 0.2) is 48.8 Å². The van der Waals surface area contributed by atoms with Crippen LogP contribution in [0.1, 0.15) is 25.1 Å². The van der Waals surface area contributed by atoms with Crippen LogP contribution < -0.4 is 15.1 Å². The topological polar surface area (TPSA) is 80.6 Å². The van der Waals surface area contributed by atoms with Crippen molar-refractivity contribution < 1.29 is 4.74 Å². The van der Waals surface area contributed by atoms with Crippen molar-refractivity contribution in [2.75, 3.05) is 49.1 Å². The van der Waals surface area contributed by atoms with Crippen LogP contribution in [0.4, 0.5) is 11.4 Å². The number of fused-ring (bicyclic) bond motifs is 3. The first-order chi connectivity index (χ1) is 17.6. The Hall–Kier alpha value is -3.25. The van der Waals surface area contributed by atoms with Gasteiger partial charge in [-0.1, -0.05) is 0 Å². The molecular weight excluding hydrogens is 450 g/mol. The van der Waals surface area contributed by atoms with E-state index in [1.165, 1.54) is 5.69 Å². The number of ether oxygens (including phenoxy) is 1. The number of hydrogen-bond donors (Lipinski definition) is 1. The summed E-state index contributed by atoms with van der Waals surface area (Å²) < 4.78 is 6.04. The highest BCUT2D eigenvalue weighted by molar-refractivity contribution is 5.95. The summed E-state index contributed by atoms with van der Waals surface area (Å²) in [6.07, 6.45) is 4.32. The van der Waals surface area contributed by atoms with Gasteiger partial charge >= 0.3 is 0 Å². The second-order valence-electron chi connectivity index (χ2n) is 10.4. The molecule has 8 heteroatoms. The molecule has 1 N–H and O–H groups in total. The lowest BCUT2D eigenvalue weighted by atomic mass is 10.0. The zero-order valence-electron chi connectivity index (χ0n) is 21.0. The first kappa shape index (κ1) is 23.2. The fourth-order valence-electron chi connectivity index (χ4n) is 6.04. The van der Waals surface area contributed by atoms with E-state index in [1.807, 2.05) is 18.3 Å². The molecule has 1 aromatic carbocycles. The molecule has 36 heavy (non-hydrogen) atoms. The van der Waals surface area contributed by atoms with Gasteiger partial charge in [-0.2, -0.15) is 5.26 Å². The van der Waals surface area contributed by atoms with Gasteiger partial charge in [0.15, 0.2) is 0 Å². The molecule has 2 aromatic heterocycles. The number of nitriles is 1. The number of nitrogens with zero attached hydrogens (tertiary/aromatic N) is 6. The number of rotatable bonds is 4. The van der Waals surface area contributed by atoms with E-state index in [2.05, 4.69) is 69.2 Å². The van der Waals surface area contributed by atoms with Crippen molar-refractivity contribution in [1.82, 2.24) is 20.2 Å². The van der Waals surface area contributed by atoms with Crippen LogP contribution >= 0.6 is 0 Å². The van der Waals surface area contributed by atoms with Crippen LogP contribution in [0, 0.1) is 11.3 Å². The molecule has 0 radical (unpaired) electrons. The fourth-order valence-corrected chi connectivity index (χ4v) is 6.04. The van der Waals surface area contributed by atoms with Gasteiger partial charge in [-0.15, -0.1) is 0 Å². The summed E-state index contributed by atoms with van der Waals surface area (Å²) in [6.45, 7) is 10.9. The molecule has 4 atom stereocenters. The minimum atomic E-state index is 0.263. The molecule has 3 aliphatic rings. The molecule has 0 amide bonds. The number of benzene rings is 1. The van der Waals surface area contributed by atoms with Crippen molar-refractivity contribution in [3.63, 3.8) is 0 Å². The van der Waals surface area contributed by atoms with Crippen molar-refractivity contribution in [1.29, 1.82) is 5.26 Å². The lowest BCUT2D eigenvalue weighted by Crippen LogP contribution is -2.58. The fraction of sp³-hybridized carbons (Fsp3) is 0.464. The molecular formula is C28H33N7O. The van der Waals surface area contributed by atoms with Crippen LogP contribution in [-0.4, -0.2) is 78.4 Å². The Morgan fingerprint density at radius 2 is 1.75 bits per heavy atom. The summed E-state index contributed by atoms with van der Waals surface area (Å²) >= 11 is 0. The lowest BCUT2D eigenvalue weighted by Gasteiger charge is -2.45. The summed E-state index contributed by atoms with van der Waals surface area (Å²) in [7, 11) is 0. The molecule has 0 aliphatic carbocycles. The smallest absolute Gasteiger partial charge is 0.101 e. The van der Waals surface area contributed by atoms with Crippen molar-refractivity contribution in [2.24, 2.45) is 0 Å². The maximum Gasteiger partial charge on any atom is 0.101 e. The van der Waals surface area contributed by atoms with E-state index in [4.69, 9.17) is 9.72 Å². The molecule has 4 unspecified atom stereocenters. The first-order valence-electron chi connectivity index (χ1n) is 12.9. The standard InChI is InChI=1S/C28H33N7O/c1-19-14-34(27-8-5-21(10-29)28-26(27)4-3-9-31-28)15-20(2)35(19)16-22-6-7-23(11-32-22)33-17-24-12-30-13-25(18-33)36-24/h3-9,11,19-20,24-25,30H,12-18H2,1-2H3. The third-order valence-corrected chi connectivity index (χ3v) is 7.81. The average Bonchev–Trinajstić information content (AvgIpc) is 2.90. The average molecular weight is 484 g/mol. The number of anilines is 2. The Labute approximate surface area is 212 Å². The highest BCUT2D eigenvalue weighted by Gasteiger charge is 2.32. The SMILES string of the molecule is CC1CN(c2ccc(C#N)c3ncccc23)CC(C)N1Cc1ccc(N2CC3CNCC(C2)O3)cn1. The molecule has 5 heterocycles. The highest BCUT2D eigenvalue weighted by atomic mass is 16.5. The van der Waals surface area contributed by atoms with Gasteiger partial charge in [0.25, 0.3) is 0 Å². The van der Waals surface area contributed by atoms with E-state index < -0.39 is 0 Å². The van der Waals surface area contributed by atoms with Crippen LogP contribution in [0.5, 0.6) is 0 Å². The number of pyridine rings is 2. The predicted octanol–water partition coefficient (Wildman–Crippen LogP) is 2.78. The monoisotopic (exact) mass is 483 g/mol. The Balaban J connectivity index is 1.14. The number of nitrogens with one attached hydrogen (secondary N) is 1. The Kier molecular flexibility index (Phi) is 6.22. The third kappa shape index (κ3) is 4.39. The van der Waals surface area contributed by atoms with E-state index in [0.29, 0.717) is 17.6 Å². The quantitative estimate of drug-likeness (QED) is 0.607. The van der Waals surface area contributed by atoms with Crippen molar-refractivity contribution in [2.45, 2.75) is 44.7 Å². The van der Waals surface area contributed by atoms with E-state index >= 15 is 0 Å². The minimum absolute atomic E-state index is 0.263. The first-order valence-corrected chi connectivity index (χ1v) is 12.9. The second kappa shape index (κ2) is 9.66. The summed E-state index contributed by atoms with van der Waals surface area (Å²) in [4.78, 5) is 16.8. The van der Waals surface area contributed by atoms with Gasteiger partial charge in [-0.25, -0.2) is 0 Å². The normalized spacial score (nSPS) is 26.7. The van der Waals surface area contributed by atoms with Gasteiger partial charge in [0.05, 0.1) is 40.9 Å². The Bertz CT molecular complexity index is 1250. The maximum atomic E-state index is 9.50. The molecule has 186 valence electrons. The summed E-state index contributed by atoms with van der Waals surface area (Å²) in [5.74, 6) is 0. The van der Waals surface area contributed by atoms with Crippen LogP contribution in [0.3, 0.4) is 0 Å². The number of aromatic nitrogens is 2. The number of piperazine rings is 1. The van der Waals surface area contributed by atoms with Crippen LogP contribution in [0.25, 0.3) is 10.9 Å². The molecule has 3 aromatic rings. The zero-order valence-corrected chi connectivity index (χ0v) is 21.0. The third-order valence-electron chi connectivity index (χ3n) is 7.81. The van der Waals surface area contributed by atoms with E-state index in [0.717, 1.165) is 68.1 Å². The van der Waals surface area contributed by atoms with Crippen LogP contribution in [0.2, 0.25) is 0 Å². The molecule has 8 nitrogen and oxygen atoms in total. The molecule has 2 bridgehead atoms. The number of morpholine rings is 2. The molecule has 0 saturated carbocycles. The lowest BCUT2D eigenvalue weighted by molar-refractivity contribution is -0.0484. The van der Waals surface area contributed by atoms with Gasteiger partial charge < -0.3 is 19.9 Å². The summed E-state index contributed by atoms with van der Waals surface area (Å²) in [6, 6.07) is 15.4. The van der Waals surface area contributed by atoms with E-state index in [9.17, 15) is 5.26 Å². The van der Waals surface area contributed by atoms with Gasteiger partial charge in [0, 0.05) is 75.2 Å². The Morgan fingerprint density at radius 1 is 0.972 bits per heavy atom. The van der Waals surface area contributed by atoms with Crippen molar-refractivity contribution in [3.8, 4) is 6.07 Å². The highest BCUT2D eigenvalue weighted by Crippen LogP contribution is 2.31. The predicted molar refractivity (Wildman–Crippen MR) is 141 cm³/mol. The minimum Gasteiger partial charge on any atom is -0.369 e. The van der Waals surface area contributed by atoms with Gasteiger partial charge in [0.1, 0.15) is 6.07 Å². The maximum absolute atomic E-state index is 9.50. The number of hydrogen-bond acceptors (Lipinski definition) is 8. The largest absolute Gasteiger partial charge is 0.369 e. The van der Waals surface area contributed by atoms with E-state index in [-0.39, 0.29) is 12.2 Å². The molecule has 0 spiro atoms. The molecule has 3 fully saturated rings. The molecule has 3 aliphatic heterocycles. The van der Waals surface area contributed by atoms with Crippen LogP contribution in [-0.2, 0) is 11.3 Å². The zero-order chi connectivity index (χ0) is 24.6. The van der Waals surface area contributed by atoms with Crippen molar-refractivity contribution in [3.05, 3.63) is 60.0 Å². The second-order valence-corrected chi connectivity index (χ2v) is 10.4.